The molecule has 1 atom stereocenters. The predicted molar refractivity (Wildman–Crippen MR) is 88.1 cm³/mol. The standard InChI is InChI=1S/C16H26N2O3S/c1-11-9-15(21-6)12(2)13(3)16(11)22(19,20)18-8-7-14(10-18)17(4)5/h9,14H,7-8,10H2,1-6H3. The fourth-order valence-electron chi connectivity index (χ4n) is 3.11. The van der Waals surface area contributed by atoms with E-state index in [9.17, 15) is 8.42 Å². The van der Waals surface area contributed by atoms with Crippen molar-refractivity contribution in [1.29, 1.82) is 0 Å². The highest BCUT2D eigenvalue weighted by atomic mass is 32.2. The van der Waals surface area contributed by atoms with E-state index in [-0.39, 0.29) is 6.04 Å². The zero-order valence-electron chi connectivity index (χ0n) is 14.3. The minimum absolute atomic E-state index is 0.287. The van der Waals surface area contributed by atoms with E-state index in [4.69, 9.17) is 4.74 Å². The second-order valence-electron chi connectivity index (χ2n) is 6.24. The number of benzene rings is 1. The van der Waals surface area contributed by atoms with Crippen LogP contribution >= 0.6 is 0 Å². The average molecular weight is 326 g/mol. The van der Waals surface area contributed by atoms with Crippen LogP contribution in [0.2, 0.25) is 0 Å². The van der Waals surface area contributed by atoms with Gasteiger partial charge in [-0.1, -0.05) is 0 Å². The van der Waals surface area contributed by atoms with Gasteiger partial charge >= 0.3 is 0 Å². The SMILES string of the molecule is COc1cc(C)c(S(=O)(=O)N2CCC(N(C)C)C2)c(C)c1C. The van der Waals surface area contributed by atoms with Crippen molar-refractivity contribution in [2.75, 3.05) is 34.3 Å². The van der Waals surface area contributed by atoms with Crippen molar-refractivity contribution in [3.05, 3.63) is 22.8 Å². The zero-order chi connectivity index (χ0) is 16.7. The molecule has 0 bridgehead atoms. The molecule has 1 heterocycles. The Labute approximate surface area is 133 Å². The number of methoxy groups -OCH3 is 1. The minimum atomic E-state index is -3.46. The maximum atomic E-state index is 13.1. The Morgan fingerprint density at radius 1 is 1.23 bits per heavy atom. The van der Waals surface area contributed by atoms with Crippen LogP contribution in [-0.2, 0) is 10.0 Å². The fourth-order valence-corrected chi connectivity index (χ4v) is 5.09. The van der Waals surface area contributed by atoms with Gasteiger partial charge in [0.1, 0.15) is 5.75 Å². The third kappa shape index (κ3) is 2.87. The molecule has 0 aliphatic carbocycles. The minimum Gasteiger partial charge on any atom is -0.496 e. The molecule has 0 N–H and O–H groups in total. The number of ether oxygens (including phenoxy) is 1. The van der Waals surface area contributed by atoms with E-state index in [2.05, 4.69) is 4.90 Å². The normalized spacial score (nSPS) is 19.9. The molecule has 2 rings (SSSR count). The summed E-state index contributed by atoms with van der Waals surface area (Å²) in [6.07, 6.45) is 0.874. The summed E-state index contributed by atoms with van der Waals surface area (Å²) in [6, 6.07) is 2.10. The van der Waals surface area contributed by atoms with E-state index in [1.54, 1.807) is 11.4 Å². The van der Waals surface area contributed by atoms with Gasteiger partial charge in [0.05, 0.1) is 12.0 Å². The Hall–Kier alpha value is -1.11. The zero-order valence-corrected chi connectivity index (χ0v) is 15.1. The van der Waals surface area contributed by atoms with Gasteiger partial charge in [0, 0.05) is 19.1 Å². The molecule has 1 saturated heterocycles. The molecule has 22 heavy (non-hydrogen) atoms. The van der Waals surface area contributed by atoms with Gasteiger partial charge in [0.2, 0.25) is 10.0 Å². The third-order valence-electron chi connectivity index (χ3n) is 4.65. The first-order valence-corrected chi connectivity index (χ1v) is 8.95. The predicted octanol–water partition coefficient (Wildman–Crippen LogP) is 1.95. The smallest absolute Gasteiger partial charge is 0.243 e. The lowest BCUT2D eigenvalue weighted by Gasteiger charge is -2.23. The summed E-state index contributed by atoms with van der Waals surface area (Å²) in [4.78, 5) is 2.53. The maximum absolute atomic E-state index is 13.1. The van der Waals surface area contributed by atoms with Crippen molar-refractivity contribution < 1.29 is 13.2 Å². The monoisotopic (exact) mass is 326 g/mol. The highest BCUT2D eigenvalue weighted by Gasteiger charge is 2.35. The van der Waals surface area contributed by atoms with Crippen LogP contribution in [0.4, 0.5) is 0 Å². The second-order valence-corrected chi connectivity index (χ2v) is 8.12. The third-order valence-corrected chi connectivity index (χ3v) is 6.81. The van der Waals surface area contributed by atoms with Crippen molar-refractivity contribution in [3.8, 4) is 5.75 Å². The van der Waals surface area contributed by atoms with Gasteiger partial charge in [-0.3, -0.25) is 0 Å². The van der Waals surface area contributed by atoms with E-state index < -0.39 is 10.0 Å². The molecule has 5 nitrogen and oxygen atoms in total. The Bertz CT molecular complexity index is 668. The van der Waals surface area contributed by atoms with Crippen molar-refractivity contribution in [2.45, 2.75) is 38.1 Å². The first-order chi connectivity index (χ1) is 10.2. The Kier molecular flexibility index (Phi) is 4.84. The van der Waals surface area contributed by atoms with Gasteiger partial charge < -0.3 is 9.64 Å². The number of likely N-dealkylation sites (N-methyl/N-ethyl adjacent to an activating group) is 1. The van der Waals surface area contributed by atoms with Crippen molar-refractivity contribution in [1.82, 2.24) is 9.21 Å². The van der Waals surface area contributed by atoms with Crippen LogP contribution in [0.1, 0.15) is 23.1 Å². The molecule has 0 spiro atoms. The number of hydrogen-bond acceptors (Lipinski definition) is 4. The summed E-state index contributed by atoms with van der Waals surface area (Å²) in [7, 11) is 2.14. The molecule has 1 aromatic rings. The lowest BCUT2D eigenvalue weighted by Crippen LogP contribution is -2.35. The summed E-state index contributed by atoms with van der Waals surface area (Å²) in [5.41, 5.74) is 2.41. The van der Waals surface area contributed by atoms with E-state index >= 15 is 0 Å². The van der Waals surface area contributed by atoms with Crippen LogP contribution in [0.5, 0.6) is 5.75 Å². The lowest BCUT2D eigenvalue weighted by atomic mass is 10.1. The molecule has 1 fully saturated rings. The Morgan fingerprint density at radius 3 is 2.36 bits per heavy atom. The molecule has 1 aliphatic heterocycles. The van der Waals surface area contributed by atoms with Crippen LogP contribution in [0.3, 0.4) is 0 Å². The molecule has 0 radical (unpaired) electrons. The van der Waals surface area contributed by atoms with Crippen LogP contribution in [-0.4, -0.2) is 58.0 Å². The van der Waals surface area contributed by atoms with Crippen molar-refractivity contribution in [3.63, 3.8) is 0 Å². The highest BCUT2D eigenvalue weighted by Crippen LogP contribution is 2.33. The second kappa shape index (κ2) is 6.18. The van der Waals surface area contributed by atoms with Gasteiger partial charge in [-0.05, 0) is 64.0 Å². The fraction of sp³-hybridized carbons (Fsp3) is 0.625. The maximum Gasteiger partial charge on any atom is 0.243 e. The highest BCUT2D eigenvalue weighted by molar-refractivity contribution is 7.89. The van der Waals surface area contributed by atoms with Crippen LogP contribution in [0, 0.1) is 20.8 Å². The molecule has 1 aromatic carbocycles. The first-order valence-electron chi connectivity index (χ1n) is 7.51. The van der Waals surface area contributed by atoms with Gasteiger partial charge in [-0.25, -0.2) is 8.42 Å². The quantitative estimate of drug-likeness (QED) is 0.848. The Morgan fingerprint density at radius 2 is 1.86 bits per heavy atom. The summed E-state index contributed by atoms with van der Waals surface area (Å²) in [5, 5.41) is 0. The summed E-state index contributed by atoms with van der Waals surface area (Å²) in [6.45, 7) is 6.73. The number of nitrogens with zero attached hydrogens (tertiary/aromatic N) is 2. The van der Waals surface area contributed by atoms with Crippen molar-refractivity contribution in [2.24, 2.45) is 0 Å². The number of rotatable bonds is 4. The Balaban J connectivity index is 2.45. The molecular formula is C16H26N2O3S. The largest absolute Gasteiger partial charge is 0.496 e. The molecule has 0 amide bonds. The van der Waals surface area contributed by atoms with E-state index in [1.165, 1.54) is 0 Å². The summed E-state index contributed by atoms with van der Waals surface area (Å²) >= 11 is 0. The average Bonchev–Trinajstić information content (AvgIpc) is 2.93. The molecular weight excluding hydrogens is 300 g/mol. The molecule has 124 valence electrons. The van der Waals surface area contributed by atoms with Crippen LogP contribution in [0.15, 0.2) is 11.0 Å². The number of sulfonamides is 1. The molecule has 6 heteroatoms. The number of aryl methyl sites for hydroxylation is 1. The molecule has 0 saturated carbocycles. The van der Waals surface area contributed by atoms with Gasteiger partial charge in [-0.15, -0.1) is 0 Å². The summed E-state index contributed by atoms with van der Waals surface area (Å²) in [5.74, 6) is 0.738. The van der Waals surface area contributed by atoms with E-state index in [0.29, 0.717) is 18.0 Å². The van der Waals surface area contributed by atoms with Gasteiger partial charge in [-0.2, -0.15) is 4.31 Å². The van der Waals surface area contributed by atoms with Crippen LogP contribution < -0.4 is 4.74 Å². The van der Waals surface area contributed by atoms with Gasteiger partial charge in [0.25, 0.3) is 0 Å². The molecule has 0 aromatic heterocycles. The topological polar surface area (TPSA) is 49.9 Å². The number of hydrogen-bond donors (Lipinski definition) is 0. The first kappa shape index (κ1) is 17.2. The molecule has 1 unspecified atom stereocenters. The van der Waals surface area contributed by atoms with E-state index in [0.717, 1.165) is 28.9 Å². The van der Waals surface area contributed by atoms with Crippen molar-refractivity contribution >= 4 is 10.0 Å². The van der Waals surface area contributed by atoms with Gasteiger partial charge in [0.15, 0.2) is 0 Å². The van der Waals surface area contributed by atoms with E-state index in [1.807, 2.05) is 40.9 Å². The van der Waals surface area contributed by atoms with Crippen LogP contribution in [0.25, 0.3) is 0 Å². The molecule has 1 aliphatic rings. The summed E-state index contributed by atoms with van der Waals surface area (Å²) < 4.78 is 33.1. The lowest BCUT2D eigenvalue weighted by molar-refractivity contribution is 0.302.